The minimum absolute atomic E-state index is 0.746. The van der Waals surface area contributed by atoms with Crippen molar-refractivity contribution in [2.45, 2.75) is 26.8 Å². The zero-order chi connectivity index (χ0) is 16.2. The maximum absolute atomic E-state index is 5.16. The number of benzene rings is 1. The Kier molecular flexibility index (Phi) is 9.07. The van der Waals surface area contributed by atoms with Gasteiger partial charge in [0.1, 0.15) is 5.75 Å². The molecule has 0 bridgehead atoms. The lowest BCUT2D eigenvalue weighted by atomic mass is 10.2. The largest absolute Gasteiger partial charge is 0.497 e. The average molecular weight is 306 g/mol. The van der Waals surface area contributed by atoms with Gasteiger partial charge in [-0.05, 0) is 37.2 Å². The van der Waals surface area contributed by atoms with Gasteiger partial charge < -0.3 is 20.3 Å². The van der Waals surface area contributed by atoms with Crippen molar-refractivity contribution < 1.29 is 4.74 Å². The molecule has 0 saturated carbocycles. The minimum atomic E-state index is 0.746. The third-order valence-electron chi connectivity index (χ3n) is 3.55. The van der Waals surface area contributed by atoms with E-state index in [1.54, 1.807) is 14.2 Å². The summed E-state index contributed by atoms with van der Waals surface area (Å²) in [6.07, 6.45) is 1.19. The molecule has 0 spiro atoms. The van der Waals surface area contributed by atoms with E-state index in [1.165, 1.54) is 12.0 Å². The third-order valence-corrected chi connectivity index (χ3v) is 3.55. The second-order valence-electron chi connectivity index (χ2n) is 5.13. The van der Waals surface area contributed by atoms with Crippen molar-refractivity contribution >= 4 is 5.96 Å². The molecular formula is C17H30N4O. The van der Waals surface area contributed by atoms with Crippen LogP contribution < -0.4 is 15.4 Å². The number of likely N-dealkylation sites (N-methyl/N-ethyl adjacent to an activating group) is 1. The maximum Gasteiger partial charge on any atom is 0.191 e. The molecule has 0 heterocycles. The van der Waals surface area contributed by atoms with Gasteiger partial charge in [-0.15, -0.1) is 0 Å². The zero-order valence-electron chi connectivity index (χ0n) is 14.4. The first-order valence-electron chi connectivity index (χ1n) is 8.03. The Balaban J connectivity index is 2.32. The highest BCUT2D eigenvalue weighted by atomic mass is 16.5. The molecule has 5 heteroatoms. The standard InChI is InChI=1S/C17H30N4O/c1-5-12-21(6-2)13-11-19-17(18-3)20-14-15-7-9-16(22-4)10-8-15/h7-10H,5-6,11-14H2,1-4H3,(H2,18,19,20). The normalized spacial score (nSPS) is 11.6. The van der Waals surface area contributed by atoms with E-state index in [0.717, 1.165) is 44.4 Å². The lowest BCUT2D eigenvalue weighted by Crippen LogP contribution is -2.41. The molecule has 0 aliphatic heterocycles. The van der Waals surface area contributed by atoms with Gasteiger partial charge in [-0.25, -0.2) is 0 Å². The molecule has 2 N–H and O–H groups in total. The van der Waals surface area contributed by atoms with E-state index in [-0.39, 0.29) is 0 Å². The number of nitrogens with one attached hydrogen (secondary N) is 2. The number of ether oxygens (including phenoxy) is 1. The Morgan fingerprint density at radius 1 is 1.14 bits per heavy atom. The van der Waals surface area contributed by atoms with Crippen molar-refractivity contribution in [1.82, 2.24) is 15.5 Å². The van der Waals surface area contributed by atoms with Crippen molar-refractivity contribution in [3.8, 4) is 5.75 Å². The van der Waals surface area contributed by atoms with Gasteiger partial charge in [-0.1, -0.05) is 26.0 Å². The molecule has 0 unspecified atom stereocenters. The Morgan fingerprint density at radius 3 is 2.41 bits per heavy atom. The molecule has 0 saturated heterocycles. The summed E-state index contributed by atoms with van der Waals surface area (Å²) in [4.78, 5) is 6.69. The lowest BCUT2D eigenvalue weighted by molar-refractivity contribution is 0.293. The number of rotatable bonds is 9. The van der Waals surface area contributed by atoms with Crippen LogP contribution in [-0.2, 0) is 6.54 Å². The van der Waals surface area contributed by atoms with E-state index in [4.69, 9.17) is 4.74 Å². The van der Waals surface area contributed by atoms with E-state index >= 15 is 0 Å². The van der Waals surface area contributed by atoms with Gasteiger partial charge in [0, 0.05) is 26.7 Å². The summed E-state index contributed by atoms with van der Waals surface area (Å²) in [5.41, 5.74) is 1.20. The van der Waals surface area contributed by atoms with Crippen LogP contribution in [0, 0.1) is 0 Å². The van der Waals surface area contributed by atoms with Crippen molar-refractivity contribution in [1.29, 1.82) is 0 Å². The highest BCUT2D eigenvalue weighted by Crippen LogP contribution is 2.10. The quantitative estimate of drug-likeness (QED) is 0.542. The maximum atomic E-state index is 5.16. The number of hydrogen-bond donors (Lipinski definition) is 2. The summed E-state index contributed by atoms with van der Waals surface area (Å²) >= 11 is 0. The molecule has 0 radical (unpaired) electrons. The molecule has 1 rings (SSSR count). The number of nitrogens with zero attached hydrogens (tertiary/aromatic N) is 2. The Morgan fingerprint density at radius 2 is 1.86 bits per heavy atom. The summed E-state index contributed by atoms with van der Waals surface area (Å²) in [6, 6.07) is 8.05. The van der Waals surface area contributed by atoms with Gasteiger partial charge in [-0.3, -0.25) is 4.99 Å². The van der Waals surface area contributed by atoms with E-state index in [0.29, 0.717) is 0 Å². The molecule has 1 aromatic rings. The van der Waals surface area contributed by atoms with Gasteiger partial charge in [0.25, 0.3) is 0 Å². The fourth-order valence-corrected chi connectivity index (χ4v) is 2.23. The topological polar surface area (TPSA) is 48.9 Å². The van der Waals surface area contributed by atoms with Crippen LogP contribution in [0.5, 0.6) is 5.75 Å². The highest BCUT2D eigenvalue weighted by molar-refractivity contribution is 5.79. The Bertz CT molecular complexity index is 431. The molecule has 124 valence electrons. The van der Waals surface area contributed by atoms with Crippen molar-refractivity contribution in [3.05, 3.63) is 29.8 Å². The molecule has 0 fully saturated rings. The molecular weight excluding hydrogens is 276 g/mol. The fourth-order valence-electron chi connectivity index (χ4n) is 2.23. The number of aliphatic imine (C=N–C) groups is 1. The fraction of sp³-hybridized carbons (Fsp3) is 0.588. The predicted octanol–water partition coefficient (Wildman–Crippen LogP) is 2.09. The van der Waals surface area contributed by atoms with Crippen LogP contribution >= 0.6 is 0 Å². The van der Waals surface area contributed by atoms with Crippen LogP contribution in [0.1, 0.15) is 25.8 Å². The summed E-state index contributed by atoms with van der Waals surface area (Å²) in [5.74, 6) is 1.71. The van der Waals surface area contributed by atoms with Gasteiger partial charge in [0.15, 0.2) is 5.96 Å². The molecule has 0 amide bonds. The Hall–Kier alpha value is -1.75. The third kappa shape index (κ3) is 6.80. The molecule has 5 nitrogen and oxygen atoms in total. The summed E-state index contributed by atoms with van der Waals surface area (Å²) in [6.45, 7) is 9.33. The average Bonchev–Trinajstić information content (AvgIpc) is 2.57. The number of hydrogen-bond acceptors (Lipinski definition) is 3. The van der Waals surface area contributed by atoms with Crippen molar-refractivity contribution in [2.24, 2.45) is 4.99 Å². The molecule has 0 aliphatic rings. The molecule has 0 atom stereocenters. The van der Waals surface area contributed by atoms with Crippen LogP contribution in [0.2, 0.25) is 0 Å². The predicted molar refractivity (Wildman–Crippen MR) is 93.6 cm³/mol. The first kappa shape index (κ1) is 18.3. The molecule has 1 aromatic carbocycles. The monoisotopic (exact) mass is 306 g/mol. The van der Waals surface area contributed by atoms with Gasteiger partial charge in [0.2, 0.25) is 0 Å². The second kappa shape index (κ2) is 10.9. The van der Waals surface area contributed by atoms with E-state index < -0.39 is 0 Å². The van der Waals surface area contributed by atoms with Gasteiger partial charge >= 0.3 is 0 Å². The van der Waals surface area contributed by atoms with Crippen LogP contribution in [0.25, 0.3) is 0 Å². The summed E-state index contributed by atoms with van der Waals surface area (Å²) in [7, 11) is 3.48. The minimum Gasteiger partial charge on any atom is -0.497 e. The molecule has 22 heavy (non-hydrogen) atoms. The SMILES string of the molecule is CCCN(CC)CCNC(=NC)NCc1ccc(OC)cc1. The highest BCUT2D eigenvalue weighted by Gasteiger charge is 2.02. The lowest BCUT2D eigenvalue weighted by Gasteiger charge is -2.20. The van der Waals surface area contributed by atoms with E-state index in [1.807, 2.05) is 12.1 Å². The summed E-state index contributed by atoms with van der Waals surface area (Å²) in [5, 5.41) is 6.68. The van der Waals surface area contributed by atoms with Crippen molar-refractivity contribution in [3.63, 3.8) is 0 Å². The number of guanidine groups is 1. The smallest absolute Gasteiger partial charge is 0.191 e. The molecule has 0 aromatic heterocycles. The Labute approximate surface area is 134 Å². The van der Waals surface area contributed by atoms with Gasteiger partial charge in [0.05, 0.1) is 7.11 Å². The van der Waals surface area contributed by atoms with Crippen LogP contribution in [0.3, 0.4) is 0 Å². The van der Waals surface area contributed by atoms with Crippen LogP contribution in [0.4, 0.5) is 0 Å². The number of methoxy groups -OCH3 is 1. The first-order chi connectivity index (χ1) is 10.7. The summed E-state index contributed by atoms with van der Waals surface area (Å²) < 4.78 is 5.16. The van der Waals surface area contributed by atoms with Gasteiger partial charge in [-0.2, -0.15) is 0 Å². The van der Waals surface area contributed by atoms with Crippen molar-refractivity contribution in [2.75, 3.05) is 40.3 Å². The zero-order valence-corrected chi connectivity index (χ0v) is 14.4. The second-order valence-corrected chi connectivity index (χ2v) is 5.13. The van der Waals surface area contributed by atoms with E-state index in [2.05, 4.69) is 46.5 Å². The van der Waals surface area contributed by atoms with Crippen LogP contribution in [0.15, 0.2) is 29.3 Å². The first-order valence-corrected chi connectivity index (χ1v) is 8.03. The van der Waals surface area contributed by atoms with E-state index in [9.17, 15) is 0 Å². The molecule has 0 aliphatic carbocycles. The van der Waals surface area contributed by atoms with Crippen LogP contribution in [-0.4, -0.2) is 51.2 Å².